The molecular formula is C10H20N2O2. The second-order valence-electron chi connectivity index (χ2n) is 4.35. The molecule has 0 aromatic rings. The molecule has 1 heterocycles. The average molecular weight is 200 g/mol. The number of nitrogens with one attached hydrogen (secondary N) is 1. The normalized spacial score (nSPS) is 24.1. The molecule has 0 bridgehead atoms. The van der Waals surface area contributed by atoms with Crippen LogP contribution in [0.4, 0.5) is 0 Å². The molecule has 4 nitrogen and oxygen atoms in total. The van der Waals surface area contributed by atoms with Crippen molar-refractivity contribution in [3.8, 4) is 0 Å². The van der Waals surface area contributed by atoms with Crippen LogP contribution in [0.3, 0.4) is 0 Å². The van der Waals surface area contributed by atoms with Crippen LogP contribution in [0.25, 0.3) is 0 Å². The monoisotopic (exact) mass is 200 g/mol. The maximum absolute atomic E-state index is 10.6. The predicted octanol–water partition coefficient (Wildman–Crippen LogP) is 0.391. The summed E-state index contributed by atoms with van der Waals surface area (Å²) in [7, 11) is 0. The van der Waals surface area contributed by atoms with Gasteiger partial charge in [-0.3, -0.25) is 9.69 Å². The standard InChI is InChI=1S/C10H20N2O2/c1-8(2)5-9-6-11-3-4-12(9)7-10(13)14/h8-9,11H,3-7H2,1-2H3,(H,13,14)/t9-/m0/s1. The summed E-state index contributed by atoms with van der Waals surface area (Å²) in [5.41, 5.74) is 0. The lowest BCUT2D eigenvalue weighted by atomic mass is 10.0. The summed E-state index contributed by atoms with van der Waals surface area (Å²) in [5.74, 6) is -0.100. The number of aliphatic carboxylic acids is 1. The molecule has 1 atom stereocenters. The number of rotatable bonds is 4. The lowest BCUT2D eigenvalue weighted by Gasteiger charge is -2.36. The maximum Gasteiger partial charge on any atom is 0.317 e. The minimum absolute atomic E-state index is 0.180. The highest BCUT2D eigenvalue weighted by atomic mass is 16.4. The number of hydrogen-bond acceptors (Lipinski definition) is 3. The molecule has 14 heavy (non-hydrogen) atoms. The number of piperazine rings is 1. The van der Waals surface area contributed by atoms with Crippen LogP contribution in [-0.2, 0) is 4.79 Å². The zero-order chi connectivity index (χ0) is 10.6. The number of carbonyl (C=O) groups is 1. The molecule has 0 spiro atoms. The van der Waals surface area contributed by atoms with Crippen molar-refractivity contribution in [2.75, 3.05) is 26.2 Å². The van der Waals surface area contributed by atoms with E-state index in [9.17, 15) is 4.79 Å². The summed E-state index contributed by atoms with van der Waals surface area (Å²) in [5, 5.41) is 12.1. The molecule has 1 saturated heterocycles. The summed E-state index contributed by atoms with van der Waals surface area (Å²) < 4.78 is 0. The van der Waals surface area contributed by atoms with Crippen LogP contribution in [0, 0.1) is 5.92 Å². The number of hydrogen-bond donors (Lipinski definition) is 2. The average Bonchev–Trinajstić information content (AvgIpc) is 2.06. The molecule has 0 radical (unpaired) electrons. The fourth-order valence-corrected chi connectivity index (χ4v) is 1.96. The van der Waals surface area contributed by atoms with Crippen molar-refractivity contribution in [2.24, 2.45) is 5.92 Å². The molecule has 0 aromatic heterocycles. The van der Waals surface area contributed by atoms with Gasteiger partial charge in [0.25, 0.3) is 0 Å². The van der Waals surface area contributed by atoms with Gasteiger partial charge in [0.2, 0.25) is 0 Å². The van der Waals surface area contributed by atoms with Gasteiger partial charge in [0.15, 0.2) is 0 Å². The first-order chi connectivity index (χ1) is 6.59. The SMILES string of the molecule is CC(C)C[C@H]1CNCCN1CC(=O)O. The lowest BCUT2D eigenvalue weighted by molar-refractivity contribution is -0.139. The molecule has 0 aromatic carbocycles. The van der Waals surface area contributed by atoms with Gasteiger partial charge in [0, 0.05) is 25.7 Å². The van der Waals surface area contributed by atoms with Crippen molar-refractivity contribution in [3.63, 3.8) is 0 Å². The third kappa shape index (κ3) is 3.64. The van der Waals surface area contributed by atoms with Crippen LogP contribution in [-0.4, -0.2) is 48.2 Å². The van der Waals surface area contributed by atoms with Gasteiger partial charge in [0.1, 0.15) is 0 Å². The summed E-state index contributed by atoms with van der Waals surface area (Å²) in [4.78, 5) is 12.7. The molecular weight excluding hydrogens is 180 g/mol. The first kappa shape index (κ1) is 11.5. The van der Waals surface area contributed by atoms with Crippen molar-refractivity contribution >= 4 is 5.97 Å². The van der Waals surface area contributed by atoms with Crippen LogP contribution in [0.15, 0.2) is 0 Å². The van der Waals surface area contributed by atoms with E-state index in [1.807, 2.05) is 0 Å². The maximum atomic E-state index is 10.6. The fourth-order valence-electron chi connectivity index (χ4n) is 1.96. The Bertz CT molecular complexity index is 195. The fraction of sp³-hybridized carbons (Fsp3) is 0.900. The van der Waals surface area contributed by atoms with Gasteiger partial charge in [0.05, 0.1) is 6.54 Å². The molecule has 2 N–H and O–H groups in total. The Balaban J connectivity index is 2.45. The Morgan fingerprint density at radius 2 is 2.36 bits per heavy atom. The van der Waals surface area contributed by atoms with E-state index in [0.717, 1.165) is 26.1 Å². The Hall–Kier alpha value is -0.610. The van der Waals surface area contributed by atoms with E-state index >= 15 is 0 Å². The van der Waals surface area contributed by atoms with E-state index in [4.69, 9.17) is 5.11 Å². The summed E-state index contributed by atoms with van der Waals surface area (Å²) in [6, 6.07) is 0.389. The van der Waals surface area contributed by atoms with E-state index in [1.165, 1.54) is 0 Å². The molecule has 4 heteroatoms. The van der Waals surface area contributed by atoms with Gasteiger partial charge in [-0.15, -0.1) is 0 Å². The summed E-state index contributed by atoms with van der Waals surface area (Å²) in [6.45, 7) is 7.21. The highest BCUT2D eigenvalue weighted by Crippen LogP contribution is 2.12. The quantitative estimate of drug-likeness (QED) is 0.689. The molecule has 0 aliphatic carbocycles. The molecule has 82 valence electrons. The smallest absolute Gasteiger partial charge is 0.317 e. The van der Waals surface area contributed by atoms with E-state index < -0.39 is 5.97 Å². The third-order valence-electron chi connectivity index (χ3n) is 2.55. The second-order valence-corrected chi connectivity index (χ2v) is 4.35. The van der Waals surface area contributed by atoms with E-state index in [2.05, 4.69) is 24.1 Å². The Morgan fingerprint density at radius 1 is 1.64 bits per heavy atom. The van der Waals surface area contributed by atoms with Gasteiger partial charge in [-0.2, -0.15) is 0 Å². The second kappa shape index (κ2) is 5.32. The minimum Gasteiger partial charge on any atom is -0.480 e. The van der Waals surface area contributed by atoms with Gasteiger partial charge in [-0.25, -0.2) is 0 Å². The van der Waals surface area contributed by atoms with Gasteiger partial charge in [-0.1, -0.05) is 13.8 Å². The predicted molar refractivity (Wildman–Crippen MR) is 55.3 cm³/mol. The summed E-state index contributed by atoms with van der Waals surface area (Å²) in [6.07, 6.45) is 1.07. The first-order valence-electron chi connectivity index (χ1n) is 5.26. The highest BCUT2D eigenvalue weighted by Gasteiger charge is 2.24. The number of carboxylic acid groups (broad SMARTS) is 1. The van der Waals surface area contributed by atoms with Crippen molar-refractivity contribution in [2.45, 2.75) is 26.3 Å². The van der Waals surface area contributed by atoms with Crippen LogP contribution in [0.5, 0.6) is 0 Å². The zero-order valence-corrected chi connectivity index (χ0v) is 8.99. The highest BCUT2D eigenvalue weighted by molar-refractivity contribution is 5.69. The van der Waals surface area contributed by atoms with Crippen molar-refractivity contribution in [3.05, 3.63) is 0 Å². The lowest BCUT2D eigenvalue weighted by Crippen LogP contribution is -2.53. The van der Waals surface area contributed by atoms with Crippen LogP contribution in [0.2, 0.25) is 0 Å². The molecule has 0 unspecified atom stereocenters. The van der Waals surface area contributed by atoms with Gasteiger partial charge >= 0.3 is 5.97 Å². The van der Waals surface area contributed by atoms with E-state index in [0.29, 0.717) is 12.0 Å². The summed E-state index contributed by atoms with van der Waals surface area (Å²) >= 11 is 0. The Labute approximate surface area is 85.3 Å². The molecule has 1 aliphatic rings. The number of nitrogens with zero attached hydrogens (tertiary/aromatic N) is 1. The van der Waals surface area contributed by atoms with Crippen molar-refractivity contribution in [1.82, 2.24) is 10.2 Å². The zero-order valence-electron chi connectivity index (χ0n) is 8.99. The molecule has 1 aliphatic heterocycles. The largest absolute Gasteiger partial charge is 0.480 e. The topological polar surface area (TPSA) is 52.6 Å². The van der Waals surface area contributed by atoms with Crippen LogP contribution in [0.1, 0.15) is 20.3 Å². The van der Waals surface area contributed by atoms with E-state index in [1.54, 1.807) is 0 Å². The first-order valence-corrected chi connectivity index (χ1v) is 5.26. The number of carboxylic acids is 1. The molecule has 1 fully saturated rings. The molecule has 1 rings (SSSR count). The third-order valence-corrected chi connectivity index (χ3v) is 2.55. The molecule has 0 amide bonds. The van der Waals surface area contributed by atoms with Crippen molar-refractivity contribution < 1.29 is 9.90 Å². The molecule has 0 saturated carbocycles. The minimum atomic E-state index is -0.722. The Kier molecular flexibility index (Phi) is 4.35. The van der Waals surface area contributed by atoms with Crippen LogP contribution >= 0.6 is 0 Å². The van der Waals surface area contributed by atoms with Crippen molar-refractivity contribution in [1.29, 1.82) is 0 Å². The van der Waals surface area contributed by atoms with Gasteiger partial charge in [-0.05, 0) is 12.3 Å². The Morgan fingerprint density at radius 3 is 2.93 bits per heavy atom. The van der Waals surface area contributed by atoms with Crippen LogP contribution < -0.4 is 5.32 Å². The van der Waals surface area contributed by atoms with E-state index in [-0.39, 0.29) is 6.54 Å². The van der Waals surface area contributed by atoms with Gasteiger partial charge < -0.3 is 10.4 Å².